The average Bonchev–Trinajstić information content (AvgIpc) is 2.84. The molecule has 2 aromatic heterocycles. The molecule has 1 N–H and O–H groups in total. The van der Waals surface area contributed by atoms with Crippen molar-refractivity contribution >= 4 is 23.8 Å². The van der Waals surface area contributed by atoms with Gasteiger partial charge in [-0.2, -0.15) is 0 Å². The number of hydrogen-bond donors (Lipinski definition) is 1. The number of imidazole rings is 1. The SMILES string of the molecule is Cc1ccc(/C=C/c2nc3cc(C)ccn3c2C(=O)O)cc1. The number of benzene rings is 1. The molecule has 0 unspecified atom stereocenters. The zero-order valence-electron chi connectivity index (χ0n) is 12.4. The molecule has 0 saturated heterocycles. The molecule has 0 fully saturated rings. The first-order chi connectivity index (χ1) is 10.5. The third-order valence-electron chi connectivity index (χ3n) is 3.52. The van der Waals surface area contributed by atoms with Crippen LogP contribution in [0.2, 0.25) is 0 Å². The lowest BCUT2D eigenvalue weighted by Gasteiger charge is -1.98. The highest BCUT2D eigenvalue weighted by Gasteiger charge is 2.16. The van der Waals surface area contributed by atoms with E-state index in [0.717, 1.165) is 11.1 Å². The predicted molar refractivity (Wildman–Crippen MR) is 87.0 cm³/mol. The van der Waals surface area contributed by atoms with Crippen molar-refractivity contribution < 1.29 is 9.90 Å². The van der Waals surface area contributed by atoms with Gasteiger partial charge < -0.3 is 5.11 Å². The maximum Gasteiger partial charge on any atom is 0.355 e. The Balaban J connectivity index is 2.07. The first-order valence-electron chi connectivity index (χ1n) is 7.01. The molecule has 0 radical (unpaired) electrons. The van der Waals surface area contributed by atoms with Crippen LogP contribution < -0.4 is 0 Å². The topological polar surface area (TPSA) is 54.6 Å². The molecular formula is C18H16N2O2. The fourth-order valence-electron chi connectivity index (χ4n) is 2.35. The van der Waals surface area contributed by atoms with Crippen molar-refractivity contribution in [3.05, 3.63) is 70.7 Å². The van der Waals surface area contributed by atoms with Gasteiger partial charge in [-0.3, -0.25) is 4.40 Å². The lowest BCUT2D eigenvalue weighted by Crippen LogP contribution is -2.03. The third kappa shape index (κ3) is 2.63. The average molecular weight is 292 g/mol. The van der Waals surface area contributed by atoms with E-state index < -0.39 is 5.97 Å². The van der Waals surface area contributed by atoms with Crippen LogP contribution in [0.25, 0.3) is 17.8 Å². The number of carboxylic acids is 1. The van der Waals surface area contributed by atoms with Crippen LogP contribution in [-0.2, 0) is 0 Å². The minimum atomic E-state index is -0.986. The summed E-state index contributed by atoms with van der Waals surface area (Å²) in [6.07, 6.45) is 5.36. The summed E-state index contributed by atoms with van der Waals surface area (Å²) in [5.41, 5.74) is 4.52. The van der Waals surface area contributed by atoms with Crippen LogP contribution in [-0.4, -0.2) is 20.5 Å². The molecule has 4 heteroatoms. The van der Waals surface area contributed by atoms with Crippen molar-refractivity contribution in [2.75, 3.05) is 0 Å². The smallest absolute Gasteiger partial charge is 0.355 e. The van der Waals surface area contributed by atoms with Gasteiger partial charge in [0.25, 0.3) is 0 Å². The van der Waals surface area contributed by atoms with Crippen molar-refractivity contribution in [2.24, 2.45) is 0 Å². The van der Waals surface area contributed by atoms with Gasteiger partial charge in [0.2, 0.25) is 0 Å². The molecule has 0 spiro atoms. The number of carbonyl (C=O) groups is 1. The minimum absolute atomic E-state index is 0.179. The van der Waals surface area contributed by atoms with E-state index in [-0.39, 0.29) is 5.69 Å². The maximum absolute atomic E-state index is 11.5. The number of aromatic carboxylic acids is 1. The Bertz CT molecular complexity index is 874. The van der Waals surface area contributed by atoms with E-state index >= 15 is 0 Å². The van der Waals surface area contributed by atoms with E-state index in [2.05, 4.69) is 4.98 Å². The molecule has 4 nitrogen and oxygen atoms in total. The molecule has 2 heterocycles. The van der Waals surface area contributed by atoms with Crippen LogP contribution in [0.5, 0.6) is 0 Å². The van der Waals surface area contributed by atoms with Gasteiger partial charge in [-0.1, -0.05) is 35.9 Å². The molecule has 22 heavy (non-hydrogen) atoms. The van der Waals surface area contributed by atoms with Crippen LogP contribution >= 0.6 is 0 Å². The van der Waals surface area contributed by atoms with Crippen LogP contribution in [0.4, 0.5) is 0 Å². The van der Waals surface area contributed by atoms with Gasteiger partial charge in [0.05, 0.1) is 5.69 Å². The molecule has 0 atom stereocenters. The highest BCUT2D eigenvalue weighted by molar-refractivity contribution is 5.92. The lowest BCUT2D eigenvalue weighted by molar-refractivity contribution is 0.0689. The van der Waals surface area contributed by atoms with Gasteiger partial charge in [0, 0.05) is 6.20 Å². The van der Waals surface area contributed by atoms with Crippen LogP contribution in [0.3, 0.4) is 0 Å². The first kappa shape index (κ1) is 14.1. The van der Waals surface area contributed by atoms with E-state index in [4.69, 9.17) is 0 Å². The molecule has 0 aliphatic carbocycles. The summed E-state index contributed by atoms with van der Waals surface area (Å²) in [5.74, 6) is -0.986. The fourth-order valence-corrected chi connectivity index (χ4v) is 2.35. The number of aromatic nitrogens is 2. The van der Waals surface area contributed by atoms with Crippen molar-refractivity contribution in [2.45, 2.75) is 13.8 Å². The highest BCUT2D eigenvalue weighted by atomic mass is 16.4. The largest absolute Gasteiger partial charge is 0.476 e. The molecule has 3 rings (SSSR count). The Morgan fingerprint density at radius 2 is 1.82 bits per heavy atom. The van der Waals surface area contributed by atoms with Crippen molar-refractivity contribution in [3.8, 4) is 0 Å². The standard InChI is InChI=1S/C18H16N2O2/c1-12-3-5-14(6-4-12)7-8-15-17(18(21)22)20-10-9-13(2)11-16(20)19-15/h3-11H,1-2H3,(H,21,22)/b8-7+. The van der Waals surface area contributed by atoms with Gasteiger partial charge in [0.15, 0.2) is 5.69 Å². The van der Waals surface area contributed by atoms with Gasteiger partial charge in [-0.15, -0.1) is 0 Å². The first-order valence-corrected chi connectivity index (χ1v) is 7.01. The van der Waals surface area contributed by atoms with Gasteiger partial charge in [0.1, 0.15) is 5.65 Å². The number of pyridine rings is 1. The molecule has 110 valence electrons. The number of nitrogens with zero attached hydrogens (tertiary/aromatic N) is 2. The quantitative estimate of drug-likeness (QED) is 0.798. The molecule has 3 aromatic rings. The van der Waals surface area contributed by atoms with E-state index in [1.165, 1.54) is 5.56 Å². The number of hydrogen-bond acceptors (Lipinski definition) is 2. The van der Waals surface area contributed by atoms with Crippen LogP contribution in [0, 0.1) is 13.8 Å². The fraction of sp³-hybridized carbons (Fsp3) is 0.111. The van der Waals surface area contributed by atoms with Crippen LogP contribution in [0.15, 0.2) is 42.6 Å². The van der Waals surface area contributed by atoms with E-state index in [1.807, 2.05) is 56.3 Å². The molecule has 0 aliphatic rings. The van der Waals surface area contributed by atoms with Gasteiger partial charge >= 0.3 is 5.97 Å². The van der Waals surface area contributed by atoms with Crippen molar-refractivity contribution in [3.63, 3.8) is 0 Å². The summed E-state index contributed by atoms with van der Waals surface area (Å²) in [6.45, 7) is 3.98. The Labute approximate surface area is 128 Å². The molecular weight excluding hydrogens is 276 g/mol. The van der Waals surface area contributed by atoms with Gasteiger partial charge in [-0.25, -0.2) is 9.78 Å². The van der Waals surface area contributed by atoms with E-state index in [9.17, 15) is 9.90 Å². The second kappa shape index (κ2) is 5.48. The number of aryl methyl sites for hydroxylation is 2. The Kier molecular flexibility index (Phi) is 3.51. The second-order valence-electron chi connectivity index (χ2n) is 5.33. The highest BCUT2D eigenvalue weighted by Crippen LogP contribution is 2.17. The van der Waals surface area contributed by atoms with E-state index in [0.29, 0.717) is 11.3 Å². The normalized spacial score (nSPS) is 11.4. The second-order valence-corrected chi connectivity index (χ2v) is 5.33. The summed E-state index contributed by atoms with van der Waals surface area (Å²) in [7, 11) is 0. The Morgan fingerprint density at radius 1 is 1.09 bits per heavy atom. The number of carboxylic acid groups (broad SMARTS) is 1. The van der Waals surface area contributed by atoms with E-state index in [1.54, 1.807) is 16.7 Å². The summed E-state index contributed by atoms with van der Waals surface area (Å²) in [6, 6.07) is 11.8. The summed E-state index contributed by atoms with van der Waals surface area (Å²) in [4.78, 5) is 16.0. The van der Waals surface area contributed by atoms with Crippen molar-refractivity contribution in [1.29, 1.82) is 0 Å². The van der Waals surface area contributed by atoms with Gasteiger partial charge in [-0.05, 0) is 43.2 Å². The zero-order chi connectivity index (χ0) is 15.7. The predicted octanol–water partition coefficient (Wildman–Crippen LogP) is 3.82. The summed E-state index contributed by atoms with van der Waals surface area (Å²) >= 11 is 0. The van der Waals surface area contributed by atoms with Crippen LogP contribution in [0.1, 0.15) is 32.9 Å². The molecule has 0 bridgehead atoms. The molecule has 0 amide bonds. The third-order valence-corrected chi connectivity index (χ3v) is 3.52. The zero-order valence-corrected chi connectivity index (χ0v) is 12.4. The van der Waals surface area contributed by atoms with Crippen molar-refractivity contribution in [1.82, 2.24) is 9.38 Å². The number of rotatable bonds is 3. The molecule has 1 aromatic carbocycles. The minimum Gasteiger partial charge on any atom is -0.476 e. The lowest BCUT2D eigenvalue weighted by atomic mass is 10.1. The molecule has 0 aliphatic heterocycles. The maximum atomic E-state index is 11.5. The Hall–Kier alpha value is -2.88. The molecule has 0 saturated carbocycles. The summed E-state index contributed by atoms with van der Waals surface area (Å²) < 4.78 is 1.60. The number of fused-ring (bicyclic) bond motifs is 1. The Morgan fingerprint density at radius 3 is 2.50 bits per heavy atom. The monoisotopic (exact) mass is 292 g/mol. The summed E-state index contributed by atoms with van der Waals surface area (Å²) in [5, 5.41) is 9.46.